The molecule has 2 aromatic carbocycles. The van der Waals surface area contributed by atoms with E-state index in [-0.39, 0.29) is 24.0 Å². The second-order valence-corrected chi connectivity index (χ2v) is 6.93. The summed E-state index contributed by atoms with van der Waals surface area (Å²) in [7, 11) is 0. The maximum absolute atomic E-state index is 6.23. The van der Waals surface area contributed by atoms with Gasteiger partial charge in [-0.3, -0.25) is 0 Å². The second kappa shape index (κ2) is 12.5. The Kier molecular flexibility index (Phi) is 10.0. The number of nitrogens with zero attached hydrogens (tertiary/aromatic N) is 3. The van der Waals surface area contributed by atoms with Crippen LogP contribution in [0.1, 0.15) is 23.6 Å². The monoisotopic (exact) mass is 523 g/mol. The van der Waals surface area contributed by atoms with Crippen LogP contribution < -0.4 is 10.6 Å². The van der Waals surface area contributed by atoms with Crippen LogP contribution in [0.15, 0.2) is 72.2 Å². The van der Waals surface area contributed by atoms with Crippen molar-refractivity contribution in [3.8, 4) is 0 Å². The van der Waals surface area contributed by atoms with Crippen LogP contribution in [-0.2, 0) is 19.5 Å². The minimum Gasteiger partial charge on any atom is -0.357 e. The third-order valence-electron chi connectivity index (χ3n) is 4.32. The zero-order chi connectivity index (χ0) is 19.6. The van der Waals surface area contributed by atoms with Crippen LogP contribution in [0.2, 0.25) is 5.02 Å². The molecule has 0 spiro atoms. The molecule has 0 fully saturated rings. The number of aromatic nitrogens is 2. The SMILES string of the molecule is CCNC(=NCc1cccc(Cn2ccnc2)c1)NCCc1ccccc1Cl.I. The normalized spacial score (nSPS) is 11.0. The molecule has 0 radical (unpaired) electrons. The molecule has 5 nitrogen and oxygen atoms in total. The van der Waals surface area contributed by atoms with Gasteiger partial charge in [-0.25, -0.2) is 9.98 Å². The maximum Gasteiger partial charge on any atom is 0.191 e. The van der Waals surface area contributed by atoms with Gasteiger partial charge in [0.25, 0.3) is 0 Å². The van der Waals surface area contributed by atoms with Gasteiger partial charge in [0, 0.05) is 37.1 Å². The molecule has 3 rings (SSSR count). The zero-order valence-corrected chi connectivity index (χ0v) is 19.6. The molecule has 0 saturated heterocycles. The van der Waals surface area contributed by atoms with Crippen molar-refractivity contribution < 1.29 is 0 Å². The van der Waals surface area contributed by atoms with E-state index in [0.29, 0.717) is 6.54 Å². The first-order valence-corrected chi connectivity index (χ1v) is 9.91. The number of hydrogen-bond acceptors (Lipinski definition) is 2. The van der Waals surface area contributed by atoms with E-state index in [2.05, 4.69) is 57.4 Å². The summed E-state index contributed by atoms with van der Waals surface area (Å²) in [5, 5.41) is 7.49. The maximum atomic E-state index is 6.23. The summed E-state index contributed by atoms with van der Waals surface area (Å²) in [6.45, 7) is 5.10. The lowest BCUT2D eigenvalue weighted by Gasteiger charge is -2.12. The van der Waals surface area contributed by atoms with Gasteiger partial charge in [-0.2, -0.15) is 0 Å². The zero-order valence-electron chi connectivity index (χ0n) is 16.5. The third kappa shape index (κ3) is 7.70. The van der Waals surface area contributed by atoms with Gasteiger partial charge in [-0.15, -0.1) is 24.0 Å². The highest BCUT2D eigenvalue weighted by molar-refractivity contribution is 14.0. The van der Waals surface area contributed by atoms with Gasteiger partial charge in [-0.1, -0.05) is 54.1 Å². The molecule has 0 unspecified atom stereocenters. The van der Waals surface area contributed by atoms with Crippen LogP contribution >= 0.6 is 35.6 Å². The summed E-state index contributed by atoms with van der Waals surface area (Å²) in [5.41, 5.74) is 3.56. The van der Waals surface area contributed by atoms with Crippen molar-refractivity contribution >= 4 is 41.5 Å². The van der Waals surface area contributed by atoms with E-state index >= 15 is 0 Å². The van der Waals surface area contributed by atoms with E-state index in [9.17, 15) is 0 Å². The second-order valence-electron chi connectivity index (χ2n) is 6.52. The average molecular weight is 524 g/mol. The number of rotatable bonds is 8. The molecular weight excluding hydrogens is 497 g/mol. The first-order chi connectivity index (χ1) is 13.7. The van der Waals surface area contributed by atoms with Crippen LogP contribution in [0.25, 0.3) is 0 Å². The molecule has 0 bridgehead atoms. The predicted octanol–water partition coefficient (Wildman–Crippen LogP) is 4.50. The summed E-state index contributed by atoms with van der Waals surface area (Å²) < 4.78 is 2.06. The molecule has 1 aromatic heterocycles. The van der Waals surface area contributed by atoms with Crippen molar-refractivity contribution in [2.75, 3.05) is 13.1 Å². The highest BCUT2D eigenvalue weighted by Crippen LogP contribution is 2.14. The Morgan fingerprint density at radius 1 is 1.10 bits per heavy atom. The average Bonchev–Trinajstić information content (AvgIpc) is 3.21. The van der Waals surface area contributed by atoms with Crippen molar-refractivity contribution in [2.45, 2.75) is 26.4 Å². The lowest BCUT2D eigenvalue weighted by Crippen LogP contribution is -2.38. The van der Waals surface area contributed by atoms with E-state index in [1.54, 1.807) is 6.20 Å². The fourth-order valence-electron chi connectivity index (χ4n) is 2.95. The summed E-state index contributed by atoms with van der Waals surface area (Å²) in [6.07, 6.45) is 6.45. The lowest BCUT2D eigenvalue weighted by molar-refractivity contribution is 0.791. The molecule has 29 heavy (non-hydrogen) atoms. The largest absolute Gasteiger partial charge is 0.357 e. The van der Waals surface area contributed by atoms with Crippen LogP contribution in [0.5, 0.6) is 0 Å². The number of halogens is 2. The minimum atomic E-state index is 0. The molecule has 0 saturated carbocycles. The van der Waals surface area contributed by atoms with Gasteiger partial charge in [-0.05, 0) is 36.1 Å². The number of guanidine groups is 1. The molecule has 2 N–H and O–H groups in total. The lowest BCUT2D eigenvalue weighted by atomic mass is 10.1. The van der Waals surface area contributed by atoms with Gasteiger partial charge in [0.1, 0.15) is 0 Å². The van der Waals surface area contributed by atoms with Crippen LogP contribution in [0.4, 0.5) is 0 Å². The number of aliphatic imine (C=N–C) groups is 1. The van der Waals surface area contributed by atoms with Crippen molar-refractivity contribution in [1.29, 1.82) is 0 Å². The number of benzene rings is 2. The number of hydrogen-bond donors (Lipinski definition) is 2. The Hall–Kier alpha value is -2.06. The standard InChI is InChI=1S/C22H26ClN5.HI/c1-2-25-22(26-11-10-20-8-3-4-9-21(20)23)27-15-18-6-5-7-19(14-18)16-28-13-12-24-17-28;/h3-9,12-14,17H,2,10-11,15-16H2,1H3,(H2,25,26,27);1H. The molecule has 0 amide bonds. The first kappa shape index (κ1) is 23.2. The van der Waals surface area contributed by atoms with Gasteiger partial charge in [0.05, 0.1) is 12.9 Å². The topological polar surface area (TPSA) is 54.2 Å². The van der Waals surface area contributed by atoms with Crippen LogP contribution in [-0.4, -0.2) is 28.6 Å². The Balaban J connectivity index is 0.00000300. The first-order valence-electron chi connectivity index (χ1n) is 9.53. The Morgan fingerprint density at radius 3 is 2.69 bits per heavy atom. The number of nitrogens with one attached hydrogen (secondary N) is 2. The molecule has 1 heterocycles. The van der Waals surface area contributed by atoms with Gasteiger partial charge >= 0.3 is 0 Å². The Morgan fingerprint density at radius 2 is 1.93 bits per heavy atom. The smallest absolute Gasteiger partial charge is 0.191 e. The molecular formula is C22H27ClIN5. The van der Waals surface area contributed by atoms with Crippen molar-refractivity contribution in [2.24, 2.45) is 4.99 Å². The minimum absolute atomic E-state index is 0. The fourth-order valence-corrected chi connectivity index (χ4v) is 3.18. The third-order valence-corrected chi connectivity index (χ3v) is 4.69. The summed E-state index contributed by atoms with van der Waals surface area (Å²) in [5.74, 6) is 0.814. The van der Waals surface area contributed by atoms with Crippen molar-refractivity contribution in [3.05, 3.63) is 89.0 Å². The Labute approximate surface area is 194 Å². The molecule has 7 heteroatoms. The van der Waals surface area contributed by atoms with E-state index in [1.807, 2.05) is 30.7 Å². The summed E-state index contributed by atoms with van der Waals surface area (Å²) in [6, 6.07) is 16.4. The van der Waals surface area contributed by atoms with Crippen LogP contribution in [0.3, 0.4) is 0 Å². The highest BCUT2D eigenvalue weighted by atomic mass is 127. The fraction of sp³-hybridized carbons (Fsp3) is 0.273. The molecule has 154 valence electrons. The number of imidazole rings is 1. The molecule has 0 aliphatic heterocycles. The molecule has 0 aliphatic carbocycles. The van der Waals surface area contributed by atoms with Gasteiger partial charge in [0.2, 0.25) is 0 Å². The molecule has 3 aromatic rings. The van der Waals surface area contributed by atoms with Gasteiger partial charge < -0.3 is 15.2 Å². The van der Waals surface area contributed by atoms with Gasteiger partial charge in [0.15, 0.2) is 5.96 Å². The van der Waals surface area contributed by atoms with E-state index in [1.165, 1.54) is 11.1 Å². The molecule has 0 aliphatic rings. The van der Waals surface area contributed by atoms with E-state index < -0.39 is 0 Å². The Bertz CT molecular complexity index is 896. The van der Waals surface area contributed by atoms with E-state index in [4.69, 9.17) is 16.6 Å². The predicted molar refractivity (Wildman–Crippen MR) is 131 cm³/mol. The highest BCUT2D eigenvalue weighted by Gasteiger charge is 2.02. The molecule has 0 atom stereocenters. The van der Waals surface area contributed by atoms with E-state index in [0.717, 1.165) is 42.6 Å². The quantitative estimate of drug-likeness (QED) is 0.260. The van der Waals surface area contributed by atoms with Crippen LogP contribution in [0, 0.1) is 0 Å². The summed E-state index contributed by atoms with van der Waals surface area (Å²) >= 11 is 6.23. The van der Waals surface area contributed by atoms with Crippen molar-refractivity contribution in [3.63, 3.8) is 0 Å². The van der Waals surface area contributed by atoms with Crippen molar-refractivity contribution in [1.82, 2.24) is 20.2 Å². The summed E-state index contributed by atoms with van der Waals surface area (Å²) in [4.78, 5) is 8.81.